The summed E-state index contributed by atoms with van der Waals surface area (Å²) in [7, 11) is 0. The molecule has 0 N–H and O–H groups in total. The van der Waals surface area contributed by atoms with E-state index in [0.717, 1.165) is 0 Å². The van der Waals surface area contributed by atoms with Crippen molar-refractivity contribution in [1.29, 1.82) is 0 Å². The van der Waals surface area contributed by atoms with Crippen LogP contribution >= 0.6 is 24.8 Å². The van der Waals surface area contributed by atoms with Gasteiger partial charge in [0.05, 0.1) is 0 Å². The van der Waals surface area contributed by atoms with Gasteiger partial charge in [-0.05, 0) is 0 Å². The molecule has 0 fully saturated rings. The second-order valence-corrected chi connectivity index (χ2v) is 5.21. The molecule has 0 unspecified atom stereocenters. The monoisotopic (exact) mass is 393 g/mol. The van der Waals surface area contributed by atoms with Crippen LogP contribution in [0.5, 0.6) is 0 Å². The van der Waals surface area contributed by atoms with E-state index in [1.807, 2.05) is 0 Å². The third kappa shape index (κ3) is 3.38. The SMILES string of the molecule is Cl.Cl.[Hf][C]1=CC(c2ccccc2)=CC1. The summed E-state index contributed by atoms with van der Waals surface area (Å²) in [6.45, 7) is 0. The third-order valence-corrected chi connectivity index (χ3v) is 3.23. The summed E-state index contributed by atoms with van der Waals surface area (Å²) in [5.41, 5.74) is 2.75. The fourth-order valence-electron chi connectivity index (χ4n) is 1.36. The summed E-state index contributed by atoms with van der Waals surface area (Å²) < 4.78 is 1.59. The summed E-state index contributed by atoms with van der Waals surface area (Å²) in [4.78, 5) is 0. The average Bonchev–Trinajstić information content (AvgIpc) is 2.54. The fourth-order valence-corrected chi connectivity index (χ4v) is 2.28. The van der Waals surface area contributed by atoms with E-state index in [0.29, 0.717) is 0 Å². The molecule has 0 saturated carbocycles. The van der Waals surface area contributed by atoms with Crippen molar-refractivity contribution in [3.8, 4) is 0 Å². The van der Waals surface area contributed by atoms with Gasteiger partial charge in [-0.15, -0.1) is 24.8 Å². The standard InChI is InChI=1S/C11H9.2ClH.Hf/c1-2-6-10(7-3-1)11-8-4-5-9-11;;;/h1-3,6-9H,4H2;2*1H;. The number of halogens is 2. The second-order valence-electron chi connectivity index (χ2n) is 2.90. The number of hydrogen-bond acceptors (Lipinski definition) is 0. The van der Waals surface area contributed by atoms with Crippen molar-refractivity contribution < 1.29 is 24.4 Å². The molecule has 1 aromatic carbocycles. The van der Waals surface area contributed by atoms with E-state index in [1.165, 1.54) is 41.9 Å². The van der Waals surface area contributed by atoms with Crippen molar-refractivity contribution >= 4 is 30.4 Å². The maximum absolute atomic E-state index is 2.32. The Balaban J connectivity index is 0.000000845. The van der Waals surface area contributed by atoms with Crippen molar-refractivity contribution in [2.45, 2.75) is 6.42 Å². The van der Waals surface area contributed by atoms with Crippen LogP contribution in [0.3, 0.4) is 0 Å². The molecule has 73 valence electrons. The first-order chi connectivity index (χ1) is 5.86. The molecule has 2 rings (SSSR count). The summed E-state index contributed by atoms with van der Waals surface area (Å²) >= 11 is 1.20. The zero-order valence-electron chi connectivity index (χ0n) is 7.57. The van der Waals surface area contributed by atoms with E-state index in [1.54, 1.807) is 3.33 Å². The predicted molar refractivity (Wildman–Crippen MR) is 61.6 cm³/mol. The molecule has 0 amide bonds. The molecule has 0 heterocycles. The van der Waals surface area contributed by atoms with Crippen molar-refractivity contribution in [3.05, 3.63) is 51.4 Å². The van der Waals surface area contributed by atoms with Crippen LogP contribution in [0.25, 0.3) is 5.57 Å². The second kappa shape index (κ2) is 6.60. The van der Waals surface area contributed by atoms with Crippen molar-refractivity contribution in [2.24, 2.45) is 0 Å². The molecular formula is C11H11Cl2Hf. The third-order valence-electron chi connectivity index (χ3n) is 1.98. The Morgan fingerprint density at radius 3 is 2.14 bits per heavy atom. The van der Waals surface area contributed by atoms with E-state index in [4.69, 9.17) is 0 Å². The van der Waals surface area contributed by atoms with Gasteiger partial charge in [0.15, 0.2) is 0 Å². The predicted octanol–water partition coefficient (Wildman–Crippen LogP) is 3.75. The summed E-state index contributed by atoms with van der Waals surface area (Å²) in [5.74, 6) is 0. The van der Waals surface area contributed by atoms with Gasteiger partial charge in [0, 0.05) is 0 Å². The van der Waals surface area contributed by atoms with Crippen molar-refractivity contribution in [3.63, 3.8) is 0 Å². The van der Waals surface area contributed by atoms with Gasteiger partial charge in [0.25, 0.3) is 0 Å². The Labute approximate surface area is 112 Å². The number of hydrogen-bond donors (Lipinski definition) is 0. The number of rotatable bonds is 1. The Morgan fingerprint density at radius 2 is 1.64 bits per heavy atom. The quantitative estimate of drug-likeness (QED) is 0.639. The number of benzene rings is 1. The van der Waals surface area contributed by atoms with E-state index in [2.05, 4.69) is 42.5 Å². The van der Waals surface area contributed by atoms with Gasteiger partial charge in [-0.3, -0.25) is 0 Å². The molecule has 14 heavy (non-hydrogen) atoms. The van der Waals surface area contributed by atoms with Gasteiger partial charge in [0.1, 0.15) is 0 Å². The Morgan fingerprint density at radius 1 is 1.00 bits per heavy atom. The molecule has 0 aromatic heterocycles. The van der Waals surface area contributed by atoms with Gasteiger partial charge in [-0.1, -0.05) is 0 Å². The number of allylic oxidation sites excluding steroid dienone is 4. The molecule has 0 bridgehead atoms. The summed E-state index contributed by atoms with van der Waals surface area (Å²) in [6.07, 6.45) is 5.82. The van der Waals surface area contributed by atoms with Crippen LogP contribution in [0.4, 0.5) is 0 Å². The first-order valence-corrected chi connectivity index (χ1v) is 5.83. The van der Waals surface area contributed by atoms with Gasteiger partial charge < -0.3 is 0 Å². The van der Waals surface area contributed by atoms with Gasteiger partial charge in [-0.2, -0.15) is 0 Å². The summed E-state index contributed by atoms with van der Waals surface area (Å²) in [6, 6.07) is 10.6. The maximum atomic E-state index is 2.32. The molecule has 0 spiro atoms. The van der Waals surface area contributed by atoms with E-state index < -0.39 is 0 Å². The zero-order valence-corrected chi connectivity index (χ0v) is 12.8. The molecule has 1 aliphatic carbocycles. The van der Waals surface area contributed by atoms with Crippen LogP contribution in [0.2, 0.25) is 0 Å². The Hall–Kier alpha value is 0.150. The molecular weight excluding hydrogens is 382 g/mol. The van der Waals surface area contributed by atoms with Crippen LogP contribution in [0.1, 0.15) is 12.0 Å². The van der Waals surface area contributed by atoms with Gasteiger partial charge >= 0.3 is 87.7 Å². The molecule has 0 atom stereocenters. The van der Waals surface area contributed by atoms with Crippen LogP contribution < -0.4 is 0 Å². The van der Waals surface area contributed by atoms with Crippen LogP contribution in [0, 0.1) is 0 Å². The van der Waals surface area contributed by atoms with Gasteiger partial charge in [-0.25, -0.2) is 0 Å². The molecule has 0 saturated heterocycles. The van der Waals surface area contributed by atoms with Crippen LogP contribution in [-0.4, -0.2) is 0 Å². The normalized spacial score (nSPS) is 13.4. The summed E-state index contributed by atoms with van der Waals surface area (Å²) in [5, 5.41) is 0. The molecule has 0 nitrogen and oxygen atoms in total. The van der Waals surface area contributed by atoms with E-state index in [-0.39, 0.29) is 24.8 Å². The van der Waals surface area contributed by atoms with Crippen molar-refractivity contribution in [1.82, 2.24) is 0 Å². The minimum absolute atomic E-state index is 0. The van der Waals surface area contributed by atoms with Crippen LogP contribution in [0.15, 0.2) is 45.8 Å². The van der Waals surface area contributed by atoms with E-state index in [9.17, 15) is 0 Å². The topological polar surface area (TPSA) is 0 Å². The minimum atomic E-state index is 0. The molecule has 1 aliphatic rings. The van der Waals surface area contributed by atoms with Crippen LogP contribution in [-0.2, 0) is 24.4 Å². The molecule has 3 heteroatoms. The molecule has 0 radical (unpaired) electrons. The molecule has 1 aromatic rings. The Bertz CT molecular complexity index is 342. The molecule has 0 aliphatic heterocycles. The van der Waals surface area contributed by atoms with Gasteiger partial charge in [0.2, 0.25) is 0 Å². The first kappa shape index (κ1) is 14.2. The zero-order chi connectivity index (χ0) is 8.39. The fraction of sp³-hybridized carbons (Fsp3) is 0.0909. The Kier molecular flexibility index (Phi) is 6.67. The van der Waals surface area contributed by atoms with Crippen molar-refractivity contribution in [2.75, 3.05) is 0 Å². The van der Waals surface area contributed by atoms with E-state index >= 15 is 0 Å². The average molecular weight is 393 g/mol. The first-order valence-electron chi connectivity index (χ1n) is 4.04.